The third-order valence-electron chi connectivity index (χ3n) is 4.73. The van der Waals surface area contributed by atoms with Gasteiger partial charge in [0, 0.05) is 17.6 Å². The van der Waals surface area contributed by atoms with E-state index >= 15 is 0 Å². The maximum absolute atomic E-state index is 13.5. The topological polar surface area (TPSA) is 90.0 Å². The van der Waals surface area contributed by atoms with Gasteiger partial charge in [-0.1, -0.05) is 18.2 Å². The van der Waals surface area contributed by atoms with Gasteiger partial charge in [-0.25, -0.2) is 21.8 Å². The van der Waals surface area contributed by atoms with Gasteiger partial charge in [0.25, 0.3) is 10.0 Å². The van der Waals surface area contributed by atoms with Crippen LogP contribution in [0.2, 0.25) is 0 Å². The second-order valence-electron chi connectivity index (χ2n) is 6.51. The molecule has 1 saturated carbocycles. The highest BCUT2D eigenvalue weighted by molar-refractivity contribution is 7.90. The van der Waals surface area contributed by atoms with Gasteiger partial charge in [-0.15, -0.1) is 0 Å². The van der Waals surface area contributed by atoms with Crippen molar-refractivity contribution in [1.82, 2.24) is 8.96 Å². The van der Waals surface area contributed by atoms with Gasteiger partial charge < -0.3 is 11.1 Å². The molecular formula is C18H19FN4O2S. The van der Waals surface area contributed by atoms with E-state index in [2.05, 4.69) is 10.3 Å². The van der Waals surface area contributed by atoms with Crippen LogP contribution < -0.4 is 11.1 Å². The Labute approximate surface area is 150 Å². The average Bonchev–Trinajstić information content (AvgIpc) is 3.24. The van der Waals surface area contributed by atoms with Crippen LogP contribution in [0.15, 0.2) is 53.7 Å². The van der Waals surface area contributed by atoms with E-state index in [1.807, 2.05) is 0 Å². The zero-order valence-electron chi connectivity index (χ0n) is 14.0. The first-order valence-corrected chi connectivity index (χ1v) is 9.87. The molecule has 1 aliphatic carbocycles. The van der Waals surface area contributed by atoms with Crippen LogP contribution in [0.25, 0.3) is 11.0 Å². The molecule has 0 spiro atoms. The third kappa shape index (κ3) is 2.80. The molecular weight excluding hydrogens is 355 g/mol. The first-order valence-electron chi connectivity index (χ1n) is 8.43. The molecule has 0 bridgehead atoms. The van der Waals surface area contributed by atoms with Gasteiger partial charge in [-0.2, -0.15) is 0 Å². The van der Waals surface area contributed by atoms with Gasteiger partial charge in [0.2, 0.25) is 0 Å². The maximum atomic E-state index is 13.5. The number of nitrogens with two attached hydrogens (primary N) is 1. The normalized spacial score (nSPS) is 20.5. The number of hydrogen-bond acceptors (Lipinski definition) is 5. The Morgan fingerprint density at radius 3 is 2.65 bits per heavy atom. The first kappa shape index (κ1) is 16.8. The van der Waals surface area contributed by atoms with Crippen molar-refractivity contribution in [3.05, 3.63) is 48.8 Å². The zero-order valence-corrected chi connectivity index (χ0v) is 14.8. The van der Waals surface area contributed by atoms with E-state index in [1.54, 1.807) is 24.3 Å². The summed E-state index contributed by atoms with van der Waals surface area (Å²) in [5.74, 6) is 0. The molecule has 0 aliphatic heterocycles. The number of benzene rings is 1. The number of hydrogen-bond donors (Lipinski definition) is 2. The highest BCUT2D eigenvalue weighted by Crippen LogP contribution is 2.33. The van der Waals surface area contributed by atoms with Gasteiger partial charge in [0.15, 0.2) is 5.65 Å². The number of nitrogen functional groups attached to an aromatic ring is 1. The minimum absolute atomic E-state index is 0.0213. The van der Waals surface area contributed by atoms with Crippen LogP contribution in [0.1, 0.15) is 19.3 Å². The lowest BCUT2D eigenvalue weighted by molar-refractivity contribution is 0.341. The van der Waals surface area contributed by atoms with E-state index in [1.165, 1.54) is 24.5 Å². The predicted octanol–water partition coefficient (Wildman–Crippen LogP) is 3.16. The third-order valence-corrected chi connectivity index (χ3v) is 6.41. The highest BCUT2D eigenvalue weighted by atomic mass is 32.2. The Bertz CT molecular complexity index is 1050. The lowest BCUT2D eigenvalue weighted by Gasteiger charge is -2.16. The number of fused-ring (bicyclic) bond motifs is 1. The number of anilines is 2. The first-order chi connectivity index (χ1) is 12.5. The summed E-state index contributed by atoms with van der Waals surface area (Å²) < 4.78 is 40.4. The molecule has 8 heteroatoms. The number of nitrogens with one attached hydrogen (secondary N) is 1. The quantitative estimate of drug-likeness (QED) is 0.732. The van der Waals surface area contributed by atoms with Crippen LogP contribution in [0, 0.1) is 0 Å². The van der Waals surface area contributed by atoms with Crippen molar-refractivity contribution in [1.29, 1.82) is 0 Å². The Morgan fingerprint density at radius 2 is 1.96 bits per heavy atom. The van der Waals surface area contributed by atoms with Crippen molar-refractivity contribution in [2.75, 3.05) is 11.1 Å². The van der Waals surface area contributed by atoms with E-state index in [4.69, 9.17) is 5.73 Å². The van der Waals surface area contributed by atoms with Crippen LogP contribution in [0.3, 0.4) is 0 Å². The fourth-order valence-electron chi connectivity index (χ4n) is 3.40. The molecule has 0 unspecified atom stereocenters. The molecule has 0 amide bonds. The van der Waals surface area contributed by atoms with Crippen molar-refractivity contribution in [3.63, 3.8) is 0 Å². The molecule has 1 aliphatic rings. The fourth-order valence-corrected chi connectivity index (χ4v) is 4.72. The van der Waals surface area contributed by atoms with E-state index < -0.39 is 16.2 Å². The summed E-state index contributed by atoms with van der Waals surface area (Å²) in [5.41, 5.74) is 7.36. The van der Waals surface area contributed by atoms with Gasteiger partial charge in [-0.3, -0.25) is 0 Å². The van der Waals surface area contributed by atoms with Crippen LogP contribution in [-0.2, 0) is 10.0 Å². The lowest BCUT2D eigenvalue weighted by Crippen LogP contribution is -2.17. The van der Waals surface area contributed by atoms with Crippen molar-refractivity contribution >= 4 is 32.4 Å². The summed E-state index contributed by atoms with van der Waals surface area (Å²) in [6, 6.07) is 9.83. The van der Waals surface area contributed by atoms with E-state index in [0.717, 1.165) is 3.97 Å². The van der Waals surface area contributed by atoms with E-state index in [9.17, 15) is 12.8 Å². The van der Waals surface area contributed by atoms with Crippen molar-refractivity contribution in [2.24, 2.45) is 0 Å². The number of nitrogens with zero attached hydrogens (tertiary/aromatic N) is 2. The van der Waals surface area contributed by atoms with Crippen molar-refractivity contribution in [3.8, 4) is 0 Å². The van der Waals surface area contributed by atoms with Crippen molar-refractivity contribution in [2.45, 2.75) is 36.4 Å². The molecule has 6 nitrogen and oxygen atoms in total. The lowest BCUT2D eigenvalue weighted by atomic mass is 10.2. The summed E-state index contributed by atoms with van der Waals surface area (Å²) in [6.07, 6.45) is 3.75. The average molecular weight is 374 g/mol. The predicted molar refractivity (Wildman–Crippen MR) is 99.3 cm³/mol. The van der Waals surface area contributed by atoms with Crippen LogP contribution in [-0.4, -0.2) is 29.6 Å². The number of alkyl halides is 1. The second kappa shape index (κ2) is 6.28. The molecule has 26 heavy (non-hydrogen) atoms. The molecule has 136 valence electrons. The minimum Gasteiger partial charge on any atom is -0.396 e. The summed E-state index contributed by atoms with van der Waals surface area (Å²) in [6.45, 7) is 0. The molecule has 0 saturated heterocycles. The van der Waals surface area contributed by atoms with Gasteiger partial charge >= 0.3 is 0 Å². The van der Waals surface area contributed by atoms with E-state index in [0.29, 0.717) is 41.7 Å². The summed E-state index contributed by atoms with van der Waals surface area (Å²) in [4.78, 5) is 4.41. The van der Waals surface area contributed by atoms with Crippen molar-refractivity contribution < 1.29 is 12.8 Å². The molecule has 2 heterocycles. The van der Waals surface area contributed by atoms with Crippen LogP contribution in [0.4, 0.5) is 15.8 Å². The minimum atomic E-state index is -3.76. The number of rotatable bonds is 4. The summed E-state index contributed by atoms with van der Waals surface area (Å²) in [7, 11) is -3.76. The standard InChI is InChI=1S/C18H19FN4O2S/c19-12-6-7-13(10-12)22-17-15-8-9-23(18(15)21-11-16(17)20)26(24,25)14-4-2-1-3-5-14/h1-5,8-9,11-13H,6-7,10,20H2,(H,21,22)/t12-,13+/m0/s1. The fraction of sp³-hybridized carbons (Fsp3) is 0.278. The SMILES string of the molecule is Nc1cnc2c(ccn2S(=O)(=O)c2ccccc2)c1N[C@@H]1CC[C@H](F)C1. The molecule has 2 atom stereocenters. The van der Waals surface area contributed by atoms with Gasteiger partial charge in [0.05, 0.1) is 22.5 Å². The Balaban J connectivity index is 1.79. The van der Waals surface area contributed by atoms with Gasteiger partial charge in [0.1, 0.15) is 6.17 Å². The zero-order chi connectivity index (χ0) is 18.3. The Hall–Kier alpha value is -2.61. The molecule has 4 rings (SSSR count). The highest BCUT2D eigenvalue weighted by Gasteiger charge is 2.26. The largest absolute Gasteiger partial charge is 0.396 e. The van der Waals surface area contributed by atoms with Crippen LogP contribution in [0.5, 0.6) is 0 Å². The molecule has 2 aromatic heterocycles. The number of aromatic nitrogens is 2. The summed E-state index contributed by atoms with van der Waals surface area (Å²) >= 11 is 0. The van der Waals surface area contributed by atoms with Crippen LogP contribution >= 0.6 is 0 Å². The molecule has 1 aromatic carbocycles. The second-order valence-corrected chi connectivity index (χ2v) is 8.32. The van der Waals surface area contributed by atoms with E-state index in [-0.39, 0.29) is 10.9 Å². The van der Waals surface area contributed by atoms with Gasteiger partial charge in [-0.05, 0) is 37.5 Å². The molecule has 1 fully saturated rings. The molecule has 3 aromatic rings. The molecule has 3 N–H and O–H groups in total. The number of halogens is 1. The molecule has 0 radical (unpaired) electrons. The summed E-state index contributed by atoms with van der Waals surface area (Å²) in [5, 5.41) is 3.88. The maximum Gasteiger partial charge on any atom is 0.269 e. The number of pyridine rings is 1. The monoisotopic (exact) mass is 374 g/mol. The smallest absolute Gasteiger partial charge is 0.269 e. The Kier molecular flexibility index (Phi) is 4.07. The Morgan fingerprint density at radius 1 is 1.19 bits per heavy atom.